The quantitative estimate of drug-likeness (QED) is 0.519. The molecule has 2 unspecified atom stereocenters. The number of carbonyl (C=O) groups is 3. The number of β-amino-alcohol motifs (C(OH)–C–C–N with tert-alkyl or cyclic N) is 1. The van der Waals surface area contributed by atoms with Crippen LogP contribution < -0.4 is 10.6 Å². The topological polar surface area (TPSA) is 95.5 Å². The minimum absolute atomic E-state index is 0.0872. The highest BCUT2D eigenvalue weighted by Gasteiger charge is 2.38. The molecular weight excluding hydrogens is 224 g/mol. The van der Waals surface area contributed by atoms with E-state index >= 15 is 0 Å². The van der Waals surface area contributed by atoms with E-state index in [0.717, 1.165) is 6.42 Å². The maximum absolute atomic E-state index is 11.6. The molecule has 6 heteroatoms. The van der Waals surface area contributed by atoms with Crippen LogP contribution in [-0.4, -0.2) is 41.9 Å². The highest BCUT2D eigenvalue weighted by molar-refractivity contribution is 6.02. The van der Waals surface area contributed by atoms with Crippen LogP contribution in [0.15, 0.2) is 0 Å². The first-order chi connectivity index (χ1) is 8.06. The number of rotatable bonds is 6. The second-order valence-electron chi connectivity index (χ2n) is 4.12. The molecule has 2 amide bonds. The number of Topliss-reactive ketones (excluding diaryl/α,β-unsaturated/α-hetero) is 1. The number of ketones is 1. The monoisotopic (exact) mass is 242 g/mol. The molecule has 1 saturated heterocycles. The third-order valence-electron chi connectivity index (χ3n) is 2.67. The summed E-state index contributed by atoms with van der Waals surface area (Å²) in [7, 11) is 0. The van der Waals surface area contributed by atoms with Crippen LogP contribution >= 0.6 is 0 Å². The SMILES string of the molecule is CCCC(=O)CCNC(=O)C1C(=O)NCC1O. The van der Waals surface area contributed by atoms with Gasteiger partial charge >= 0.3 is 0 Å². The minimum Gasteiger partial charge on any atom is -0.390 e. The summed E-state index contributed by atoms with van der Waals surface area (Å²) in [4.78, 5) is 34.0. The molecule has 0 bridgehead atoms. The predicted octanol–water partition coefficient (Wildman–Crippen LogP) is -1.03. The lowest BCUT2D eigenvalue weighted by Crippen LogP contribution is -2.40. The normalized spacial score (nSPS) is 23.3. The third kappa shape index (κ3) is 3.81. The van der Waals surface area contributed by atoms with Gasteiger partial charge in [-0.15, -0.1) is 0 Å². The molecule has 1 heterocycles. The van der Waals surface area contributed by atoms with Crippen molar-refractivity contribution in [3.8, 4) is 0 Å². The van der Waals surface area contributed by atoms with Crippen molar-refractivity contribution in [1.29, 1.82) is 0 Å². The molecule has 6 nitrogen and oxygen atoms in total. The average molecular weight is 242 g/mol. The molecule has 3 N–H and O–H groups in total. The summed E-state index contributed by atoms with van der Waals surface area (Å²) in [5.74, 6) is -1.94. The Morgan fingerprint density at radius 2 is 2.18 bits per heavy atom. The van der Waals surface area contributed by atoms with E-state index in [9.17, 15) is 19.5 Å². The molecule has 1 fully saturated rings. The third-order valence-corrected chi connectivity index (χ3v) is 2.67. The summed E-state index contributed by atoms with van der Waals surface area (Å²) < 4.78 is 0. The van der Waals surface area contributed by atoms with E-state index in [1.165, 1.54) is 0 Å². The molecule has 0 aliphatic carbocycles. The largest absolute Gasteiger partial charge is 0.390 e. The second kappa shape index (κ2) is 6.34. The van der Waals surface area contributed by atoms with Gasteiger partial charge in [0.25, 0.3) is 0 Å². The smallest absolute Gasteiger partial charge is 0.235 e. The standard InChI is InChI=1S/C11H18N2O4/c1-2-3-7(14)4-5-12-10(16)9-8(15)6-13-11(9)17/h8-9,15H,2-6H2,1H3,(H,12,16)(H,13,17). The first-order valence-corrected chi connectivity index (χ1v) is 5.81. The van der Waals surface area contributed by atoms with Crippen LogP contribution in [0.25, 0.3) is 0 Å². The van der Waals surface area contributed by atoms with Crippen molar-refractivity contribution >= 4 is 17.6 Å². The molecule has 17 heavy (non-hydrogen) atoms. The molecule has 1 rings (SSSR count). The fourth-order valence-corrected chi connectivity index (χ4v) is 1.74. The molecule has 0 spiro atoms. The summed E-state index contributed by atoms with van der Waals surface area (Å²) in [5.41, 5.74) is 0. The Morgan fingerprint density at radius 1 is 1.47 bits per heavy atom. The van der Waals surface area contributed by atoms with Crippen molar-refractivity contribution in [2.45, 2.75) is 32.3 Å². The van der Waals surface area contributed by atoms with Crippen molar-refractivity contribution in [3.63, 3.8) is 0 Å². The van der Waals surface area contributed by atoms with Gasteiger partial charge in [0.1, 0.15) is 11.7 Å². The summed E-state index contributed by atoms with van der Waals surface area (Å²) in [6.45, 7) is 2.23. The van der Waals surface area contributed by atoms with Gasteiger partial charge in [0.2, 0.25) is 11.8 Å². The number of hydrogen-bond donors (Lipinski definition) is 3. The Kier molecular flexibility index (Phi) is 5.09. The van der Waals surface area contributed by atoms with Gasteiger partial charge in [-0.25, -0.2) is 0 Å². The van der Waals surface area contributed by atoms with E-state index in [0.29, 0.717) is 6.42 Å². The summed E-state index contributed by atoms with van der Waals surface area (Å²) >= 11 is 0. The van der Waals surface area contributed by atoms with Crippen molar-refractivity contribution in [2.75, 3.05) is 13.1 Å². The lowest BCUT2D eigenvalue weighted by atomic mass is 10.0. The summed E-state index contributed by atoms with van der Waals surface area (Å²) in [6.07, 6.45) is 0.581. The summed E-state index contributed by atoms with van der Waals surface area (Å²) in [6, 6.07) is 0. The number of hydrogen-bond acceptors (Lipinski definition) is 4. The Bertz CT molecular complexity index is 317. The van der Waals surface area contributed by atoms with Crippen molar-refractivity contribution in [3.05, 3.63) is 0 Å². The van der Waals surface area contributed by atoms with E-state index in [4.69, 9.17) is 0 Å². The number of aliphatic hydroxyl groups is 1. The molecule has 0 aromatic rings. The van der Waals surface area contributed by atoms with E-state index in [-0.39, 0.29) is 25.3 Å². The van der Waals surface area contributed by atoms with Gasteiger partial charge in [-0.3, -0.25) is 14.4 Å². The van der Waals surface area contributed by atoms with Gasteiger partial charge in [0, 0.05) is 25.9 Å². The maximum atomic E-state index is 11.6. The Balaban J connectivity index is 2.30. The van der Waals surface area contributed by atoms with Gasteiger partial charge in [0.05, 0.1) is 6.10 Å². The molecular formula is C11H18N2O4. The molecule has 2 atom stereocenters. The number of amides is 2. The van der Waals surface area contributed by atoms with E-state index in [2.05, 4.69) is 10.6 Å². The summed E-state index contributed by atoms with van der Waals surface area (Å²) in [5, 5.41) is 14.3. The highest BCUT2D eigenvalue weighted by atomic mass is 16.3. The van der Waals surface area contributed by atoms with E-state index < -0.39 is 23.8 Å². The lowest BCUT2D eigenvalue weighted by molar-refractivity contribution is -0.135. The Labute approximate surface area is 99.8 Å². The molecule has 0 radical (unpaired) electrons. The average Bonchev–Trinajstić information content (AvgIpc) is 2.59. The highest BCUT2D eigenvalue weighted by Crippen LogP contribution is 2.10. The number of aliphatic hydroxyl groups excluding tert-OH is 1. The van der Waals surface area contributed by atoms with Crippen LogP contribution in [0.3, 0.4) is 0 Å². The van der Waals surface area contributed by atoms with E-state index in [1.54, 1.807) is 0 Å². The minimum atomic E-state index is -1.05. The zero-order valence-electron chi connectivity index (χ0n) is 9.86. The molecule has 0 aromatic heterocycles. The van der Waals surface area contributed by atoms with Gasteiger partial charge in [-0.1, -0.05) is 6.92 Å². The molecule has 0 aromatic carbocycles. The zero-order valence-corrected chi connectivity index (χ0v) is 9.86. The number of nitrogens with one attached hydrogen (secondary N) is 2. The van der Waals surface area contributed by atoms with Crippen LogP contribution in [0.5, 0.6) is 0 Å². The van der Waals surface area contributed by atoms with Gasteiger partial charge in [-0.2, -0.15) is 0 Å². The fourth-order valence-electron chi connectivity index (χ4n) is 1.74. The molecule has 0 saturated carbocycles. The Hall–Kier alpha value is -1.43. The van der Waals surface area contributed by atoms with Crippen molar-refractivity contribution in [1.82, 2.24) is 10.6 Å². The molecule has 1 aliphatic rings. The number of carbonyl (C=O) groups excluding carboxylic acids is 3. The van der Waals surface area contributed by atoms with Crippen LogP contribution in [-0.2, 0) is 14.4 Å². The predicted molar refractivity (Wildman–Crippen MR) is 60.0 cm³/mol. The second-order valence-corrected chi connectivity index (χ2v) is 4.12. The maximum Gasteiger partial charge on any atom is 0.235 e. The van der Waals surface area contributed by atoms with Crippen molar-refractivity contribution in [2.24, 2.45) is 5.92 Å². The lowest BCUT2D eigenvalue weighted by Gasteiger charge is -2.11. The Morgan fingerprint density at radius 3 is 2.71 bits per heavy atom. The fraction of sp³-hybridized carbons (Fsp3) is 0.727. The van der Waals surface area contributed by atoms with Gasteiger partial charge in [-0.05, 0) is 6.42 Å². The van der Waals surface area contributed by atoms with Gasteiger partial charge < -0.3 is 15.7 Å². The van der Waals surface area contributed by atoms with Gasteiger partial charge in [0.15, 0.2) is 0 Å². The van der Waals surface area contributed by atoms with Crippen LogP contribution in [0.1, 0.15) is 26.2 Å². The molecule has 1 aliphatic heterocycles. The molecule has 96 valence electrons. The van der Waals surface area contributed by atoms with Crippen molar-refractivity contribution < 1.29 is 19.5 Å². The van der Waals surface area contributed by atoms with E-state index in [1.807, 2.05) is 6.92 Å². The van der Waals surface area contributed by atoms with Crippen LogP contribution in [0.2, 0.25) is 0 Å². The first-order valence-electron chi connectivity index (χ1n) is 5.81. The van der Waals surface area contributed by atoms with Crippen LogP contribution in [0.4, 0.5) is 0 Å². The van der Waals surface area contributed by atoms with Crippen LogP contribution in [0, 0.1) is 5.92 Å². The first kappa shape index (κ1) is 13.6. The zero-order chi connectivity index (χ0) is 12.8.